The standard InChI is InChI=1S/C16H19Cl2N3OS.HI/c1-10(12-6-5-11(17)8-13(12)18)21-15(19)20-9-16(2,22)14-4-3-7-23-14;/h3-8,10,22H,9H2,1-2H3,(H3,19,20,21);1H. The Kier molecular flexibility index (Phi) is 8.28. The Bertz CT molecular complexity index is 693. The second kappa shape index (κ2) is 9.24. The van der Waals surface area contributed by atoms with Crippen molar-refractivity contribution in [3.63, 3.8) is 0 Å². The molecule has 1 heterocycles. The lowest BCUT2D eigenvalue weighted by Crippen LogP contribution is -2.36. The largest absolute Gasteiger partial charge is 0.383 e. The topological polar surface area (TPSA) is 70.6 Å². The van der Waals surface area contributed by atoms with Gasteiger partial charge in [0, 0.05) is 14.9 Å². The van der Waals surface area contributed by atoms with Gasteiger partial charge in [0.25, 0.3) is 0 Å². The van der Waals surface area contributed by atoms with Gasteiger partial charge in [-0.1, -0.05) is 35.3 Å². The van der Waals surface area contributed by atoms with E-state index < -0.39 is 5.60 Å². The van der Waals surface area contributed by atoms with E-state index in [1.54, 1.807) is 19.1 Å². The molecule has 132 valence electrons. The number of guanidine groups is 1. The summed E-state index contributed by atoms with van der Waals surface area (Å²) in [6.45, 7) is 3.82. The quantitative estimate of drug-likeness (QED) is 0.321. The van der Waals surface area contributed by atoms with E-state index in [9.17, 15) is 5.11 Å². The summed E-state index contributed by atoms with van der Waals surface area (Å²) in [6, 6.07) is 8.94. The van der Waals surface area contributed by atoms with Crippen LogP contribution in [0.25, 0.3) is 0 Å². The SMILES string of the molecule is CC(NC(N)=NCC(C)(O)c1cccs1)c1ccc(Cl)cc1Cl.I. The third-order valence-corrected chi connectivity index (χ3v) is 5.09. The van der Waals surface area contributed by atoms with E-state index in [2.05, 4.69) is 10.3 Å². The van der Waals surface area contributed by atoms with Gasteiger partial charge < -0.3 is 16.2 Å². The van der Waals surface area contributed by atoms with Gasteiger partial charge in [0.2, 0.25) is 0 Å². The zero-order valence-electron chi connectivity index (χ0n) is 13.3. The van der Waals surface area contributed by atoms with Gasteiger partial charge in [0.1, 0.15) is 5.60 Å². The number of hydrogen-bond donors (Lipinski definition) is 3. The second-order valence-electron chi connectivity index (χ2n) is 5.48. The summed E-state index contributed by atoms with van der Waals surface area (Å²) in [4.78, 5) is 5.09. The molecule has 0 spiro atoms. The molecule has 0 radical (unpaired) electrons. The predicted octanol–water partition coefficient (Wildman–Crippen LogP) is 4.55. The average Bonchev–Trinajstić information content (AvgIpc) is 3.00. The van der Waals surface area contributed by atoms with E-state index in [0.29, 0.717) is 10.0 Å². The number of halogens is 3. The Labute approximate surface area is 173 Å². The maximum Gasteiger partial charge on any atom is 0.189 e. The molecule has 8 heteroatoms. The van der Waals surface area contributed by atoms with Crippen LogP contribution in [0.3, 0.4) is 0 Å². The van der Waals surface area contributed by atoms with Crippen molar-refractivity contribution in [2.45, 2.75) is 25.5 Å². The van der Waals surface area contributed by atoms with Crippen molar-refractivity contribution in [1.29, 1.82) is 0 Å². The number of benzene rings is 1. The zero-order chi connectivity index (χ0) is 17.0. The van der Waals surface area contributed by atoms with Crippen LogP contribution in [0.4, 0.5) is 0 Å². The van der Waals surface area contributed by atoms with E-state index >= 15 is 0 Å². The smallest absolute Gasteiger partial charge is 0.189 e. The van der Waals surface area contributed by atoms with Gasteiger partial charge in [-0.15, -0.1) is 35.3 Å². The molecule has 0 saturated carbocycles. The molecule has 4 N–H and O–H groups in total. The van der Waals surface area contributed by atoms with Crippen LogP contribution in [-0.4, -0.2) is 17.6 Å². The zero-order valence-corrected chi connectivity index (χ0v) is 18.0. The lowest BCUT2D eigenvalue weighted by molar-refractivity contribution is 0.0712. The third kappa shape index (κ3) is 5.77. The molecule has 2 unspecified atom stereocenters. The molecular formula is C16H20Cl2IN3OS. The average molecular weight is 500 g/mol. The Morgan fingerprint density at radius 2 is 2.12 bits per heavy atom. The molecule has 1 aromatic carbocycles. The van der Waals surface area contributed by atoms with Crippen LogP contribution in [0.15, 0.2) is 40.7 Å². The molecule has 0 saturated heterocycles. The molecule has 2 rings (SSSR count). The highest BCUT2D eigenvalue weighted by Crippen LogP contribution is 2.27. The van der Waals surface area contributed by atoms with Crippen molar-refractivity contribution in [2.75, 3.05) is 6.54 Å². The first-order valence-electron chi connectivity index (χ1n) is 7.07. The van der Waals surface area contributed by atoms with Gasteiger partial charge in [0.15, 0.2) is 5.96 Å². The summed E-state index contributed by atoms with van der Waals surface area (Å²) < 4.78 is 0. The normalized spacial score (nSPS) is 15.3. The fourth-order valence-corrected chi connectivity index (χ4v) is 3.45. The number of rotatable bonds is 5. The predicted molar refractivity (Wildman–Crippen MR) is 114 cm³/mol. The number of thiophene rings is 1. The van der Waals surface area contributed by atoms with E-state index in [1.807, 2.05) is 30.5 Å². The minimum Gasteiger partial charge on any atom is -0.383 e. The number of hydrogen-bond acceptors (Lipinski definition) is 3. The Hall–Kier alpha value is -0.540. The minimum absolute atomic E-state index is 0. The van der Waals surface area contributed by atoms with Crippen LogP contribution in [0.2, 0.25) is 10.0 Å². The first-order chi connectivity index (χ1) is 10.8. The lowest BCUT2D eigenvalue weighted by atomic mass is 10.1. The van der Waals surface area contributed by atoms with Gasteiger partial charge >= 0.3 is 0 Å². The van der Waals surface area contributed by atoms with Crippen molar-refractivity contribution in [3.8, 4) is 0 Å². The van der Waals surface area contributed by atoms with Gasteiger partial charge in [-0.25, -0.2) is 0 Å². The van der Waals surface area contributed by atoms with Crippen molar-refractivity contribution < 1.29 is 5.11 Å². The van der Waals surface area contributed by atoms with Crippen LogP contribution in [0, 0.1) is 0 Å². The molecule has 0 aliphatic rings. The highest BCUT2D eigenvalue weighted by atomic mass is 127. The van der Waals surface area contributed by atoms with Crippen LogP contribution < -0.4 is 11.1 Å². The summed E-state index contributed by atoms with van der Waals surface area (Å²) in [7, 11) is 0. The third-order valence-electron chi connectivity index (χ3n) is 3.40. The maximum atomic E-state index is 10.4. The van der Waals surface area contributed by atoms with Gasteiger partial charge in [-0.2, -0.15) is 0 Å². The van der Waals surface area contributed by atoms with E-state index in [0.717, 1.165) is 10.4 Å². The molecule has 0 fully saturated rings. The second-order valence-corrected chi connectivity index (χ2v) is 7.28. The van der Waals surface area contributed by atoms with Crippen molar-refractivity contribution in [2.24, 2.45) is 10.7 Å². The van der Waals surface area contributed by atoms with Crippen LogP contribution in [0.1, 0.15) is 30.3 Å². The van der Waals surface area contributed by atoms with Gasteiger partial charge in [-0.05, 0) is 43.0 Å². The molecule has 4 nitrogen and oxygen atoms in total. The Morgan fingerprint density at radius 1 is 1.42 bits per heavy atom. The number of nitrogens with one attached hydrogen (secondary N) is 1. The summed E-state index contributed by atoms with van der Waals surface area (Å²) in [5.74, 6) is 0.250. The van der Waals surface area contributed by atoms with Crippen LogP contribution >= 0.6 is 58.5 Å². The fourth-order valence-electron chi connectivity index (χ4n) is 2.10. The molecule has 2 atom stereocenters. The van der Waals surface area contributed by atoms with E-state index in [4.69, 9.17) is 28.9 Å². The van der Waals surface area contributed by atoms with Crippen LogP contribution in [0.5, 0.6) is 0 Å². The Balaban J connectivity index is 0.00000288. The number of nitrogens with zero attached hydrogens (tertiary/aromatic N) is 1. The first kappa shape index (κ1) is 21.5. The molecule has 0 bridgehead atoms. The summed E-state index contributed by atoms with van der Waals surface area (Å²) >= 11 is 13.6. The summed E-state index contributed by atoms with van der Waals surface area (Å²) in [5, 5.41) is 16.6. The van der Waals surface area contributed by atoms with E-state index in [1.165, 1.54) is 11.3 Å². The fraction of sp³-hybridized carbons (Fsp3) is 0.312. The van der Waals surface area contributed by atoms with Gasteiger partial charge in [0.05, 0.1) is 12.6 Å². The molecular weight excluding hydrogens is 480 g/mol. The maximum absolute atomic E-state index is 10.4. The van der Waals surface area contributed by atoms with Crippen molar-refractivity contribution >= 4 is 64.5 Å². The minimum atomic E-state index is -1.04. The van der Waals surface area contributed by atoms with E-state index in [-0.39, 0.29) is 42.5 Å². The highest BCUT2D eigenvalue weighted by molar-refractivity contribution is 14.0. The number of aliphatic hydroxyl groups is 1. The highest BCUT2D eigenvalue weighted by Gasteiger charge is 2.24. The molecule has 1 aromatic heterocycles. The molecule has 0 aliphatic heterocycles. The molecule has 0 aliphatic carbocycles. The van der Waals surface area contributed by atoms with Crippen LogP contribution in [-0.2, 0) is 5.60 Å². The number of nitrogens with two attached hydrogens (primary N) is 1. The van der Waals surface area contributed by atoms with Gasteiger partial charge in [-0.3, -0.25) is 4.99 Å². The molecule has 0 amide bonds. The molecule has 2 aromatic rings. The first-order valence-corrected chi connectivity index (χ1v) is 8.71. The van der Waals surface area contributed by atoms with Crippen molar-refractivity contribution in [1.82, 2.24) is 5.32 Å². The summed E-state index contributed by atoms with van der Waals surface area (Å²) in [6.07, 6.45) is 0. The molecule has 24 heavy (non-hydrogen) atoms. The Morgan fingerprint density at radius 3 is 2.71 bits per heavy atom. The monoisotopic (exact) mass is 499 g/mol. The summed E-state index contributed by atoms with van der Waals surface area (Å²) in [5.41, 5.74) is 5.75. The lowest BCUT2D eigenvalue weighted by Gasteiger charge is -2.21. The number of aliphatic imine (C=N–C) groups is 1. The van der Waals surface area contributed by atoms with Crippen molar-refractivity contribution in [3.05, 3.63) is 56.2 Å².